The highest BCUT2D eigenvalue weighted by Crippen LogP contribution is 2.47. The van der Waals surface area contributed by atoms with E-state index in [2.05, 4.69) is 36.2 Å². The van der Waals surface area contributed by atoms with Gasteiger partial charge in [-0.05, 0) is 87.4 Å². The van der Waals surface area contributed by atoms with Crippen molar-refractivity contribution in [1.82, 2.24) is 25.0 Å². The average molecular weight is 569 g/mol. The summed E-state index contributed by atoms with van der Waals surface area (Å²) in [6.45, 7) is 3.98. The lowest BCUT2D eigenvalue weighted by Crippen LogP contribution is -2.35. The number of fused-ring (bicyclic) bond motifs is 1. The topological polar surface area (TPSA) is 127 Å². The molecule has 0 spiro atoms. The van der Waals surface area contributed by atoms with Crippen LogP contribution in [0.3, 0.4) is 0 Å². The highest BCUT2D eigenvalue weighted by molar-refractivity contribution is 6.16. The van der Waals surface area contributed by atoms with E-state index < -0.39 is 28.9 Å². The van der Waals surface area contributed by atoms with Gasteiger partial charge in [0.15, 0.2) is 5.82 Å². The van der Waals surface area contributed by atoms with E-state index in [-0.39, 0.29) is 17.7 Å². The van der Waals surface area contributed by atoms with Gasteiger partial charge in [-0.2, -0.15) is 0 Å². The van der Waals surface area contributed by atoms with E-state index in [1.54, 1.807) is 47.1 Å². The molecule has 3 aromatic carbocycles. The molecule has 1 saturated carbocycles. The third-order valence-corrected chi connectivity index (χ3v) is 7.10. The molecule has 0 atom stereocenters. The van der Waals surface area contributed by atoms with Gasteiger partial charge in [-0.15, -0.1) is 5.10 Å². The van der Waals surface area contributed by atoms with Crippen LogP contribution in [0.1, 0.15) is 32.7 Å². The summed E-state index contributed by atoms with van der Waals surface area (Å²) in [5.74, 6) is -1.65. The second-order valence-corrected chi connectivity index (χ2v) is 10.4. The Morgan fingerprint density at radius 3 is 2.12 bits per heavy atom. The second-order valence-electron chi connectivity index (χ2n) is 10.4. The molecule has 0 radical (unpaired) electrons. The number of nitrogens with zero attached hydrogens (tertiary/aromatic N) is 5. The summed E-state index contributed by atoms with van der Waals surface area (Å²) < 4.78 is 29.7. The number of aromatic nitrogens is 5. The molecule has 2 heterocycles. The first-order valence-corrected chi connectivity index (χ1v) is 13.4. The van der Waals surface area contributed by atoms with Crippen LogP contribution < -0.4 is 16.0 Å². The van der Waals surface area contributed by atoms with Gasteiger partial charge in [0, 0.05) is 28.7 Å². The Morgan fingerprint density at radius 1 is 0.881 bits per heavy atom. The molecule has 6 rings (SSSR count). The first-order chi connectivity index (χ1) is 20.2. The first-order valence-electron chi connectivity index (χ1n) is 13.4. The molecule has 3 N–H and O–H groups in total. The van der Waals surface area contributed by atoms with Crippen LogP contribution in [0.15, 0.2) is 72.9 Å². The molecular weight excluding hydrogens is 542 g/mol. The van der Waals surface area contributed by atoms with E-state index in [4.69, 9.17) is 0 Å². The van der Waals surface area contributed by atoms with E-state index in [1.165, 1.54) is 24.3 Å². The van der Waals surface area contributed by atoms with Crippen LogP contribution in [0.4, 0.5) is 31.8 Å². The predicted octanol–water partition coefficient (Wildman–Crippen LogP) is 5.85. The van der Waals surface area contributed by atoms with Crippen LogP contribution >= 0.6 is 0 Å². The Bertz CT molecular complexity index is 1800. The number of nitrogens with one attached hydrogen (secondary N) is 3. The first kappa shape index (κ1) is 26.9. The number of hydrogen-bond acceptors (Lipinski definition) is 7. The molecule has 0 unspecified atom stereocenters. The van der Waals surface area contributed by atoms with Gasteiger partial charge in [0.05, 0.1) is 11.7 Å². The summed E-state index contributed by atoms with van der Waals surface area (Å²) in [5, 5.41) is 16.9. The molecule has 2 aromatic heterocycles. The van der Waals surface area contributed by atoms with Crippen LogP contribution in [0.5, 0.6) is 0 Å². The van der Waals surface area contributed by atoms with Gasteiger partial charge in [-0.3, -0.25) is 9.59 Å². The monoisotopic (exact) mass is 568 g/mol. The maximum Gasteiger partial charge on any atom is 0.240 e. The fourth-order valence-electron chi connectivity index (χ4n) is 4.58. The Hall–Kier alpha value is -5.26. The van der Waals surface area contributed by atoms with Crippen molar-refractivity contribution in [2.75, 3.05) is 16.0 Å². The fraction of sp³-hybridized carbons (Fsp3) is 0.200. The molecule has 1 aliphatic carbocycles. The van der Waals surface area contributed by atoms with E-state index in [9.17, 15) is 18.4 Å². The normalized spacial score (nSPS) is 13.6. The average Bonchev–Trinajstić information content (AvgIpc) is 3.69. The third-order valence-electron chi connectivity index (χ3n) is 7.10. The van der Waals surface area contributed by atoms with Crippen LogP contribution in [0, 0.1) is 17.0 Å². The lowest BCUT2D eigenvalue weighted by molar-refractivity contribution is -0.131. The fourth-order valence-corrected chi connectivity index (χ4v) is 4.58. The van der Waals surface area contributed by atoms with Crippen molar-refractivity contribution in [3.8, 4) is 11.3 Å². The van der Waals surface area contributed by atoms with Crippen molar-refractivity contribution >= 4 is 45.9 Å². The van der Waals surface area contributed by atoms with Gasteiger partial charge in [0.1, 0.15) is 22.4 Å². The Morgan fingerprint density at radius 2 is 1.50 bits per heavy atom. The third kappa shape index (κ3) is 5.26. The molecule has 2 amide bonds. The lowest BCUT2D eigenvalue weighted by Gasteiger charge is -2.16. The van der Waals surface area contributed by atoms with Crippen molar-refractivity contribution < 1.29 is 18.4 Å². The number of carbonyl (C=O) groups excluding carboxylic acids is 2. The van der Waals surface area contributed by atoms with Crippen molar-refractivity contribution in [2.45, 2.75) is 32.7 Å². The number of benzene rings is 3. The summed E-state index contributed by atoms with van der Waals surface area (Å²) in [6, 6.07) is 17.5. The molecule has 1 fully saturated rings. The van der Waals surface area contributed by atoms with Gasteiger partial charge in [-0.1, -0.05) is 11.3 Å². The van der Waals surface area contributed by atoms with Gasteiger partial charge >= 0.3 is 0 Å². The van der Waals surface area contributed by atoms with Gasteiger partial charge < -0.3 is 16.0 Å². The minimum absolute atomic E-state index is 0.0823. The number of carbonyl (C=O) groups is 2. The zero-order chi connectivity index (χ0) is 29.4. The van der Waals surface area contributed by atoms with E-state index in [1.807, 2.05) is 13.8 Å². The molecule has 0 saturated heterocycles. The Labute approximate surface area is 239 Å². The summed E-state index contributed by atoms with van der Waals surface area (Å²) in [6.07, 6.45) is 1.94. The highest BCUT2D eigenvalue weighted by Gasteiger charge is 2.56. The molecule has 1 aliphatic rings. The molecule has 5 aromatic rings. The number of hydrogen-bond donors (Lipinski definition) is 3. The smallest absolute Gasteiger partial charge is 0.240 e. The number of amides is 2. The van der Waals surface area contributed by atoms with Crippen LogP contribution in [0.2, 0.25) is 0 Å². The molecular formula is C30H26F2N8O2. The van der Waals surface area contributed by atoms with Gasteiger partial charge in [-0.25, -0.2) is 23.4 Å². The minimum Gasteiger partial charge on any atom is -0.325 e. The minimum atomic E-state index is -1.17. The van der Waals surface area contributed by atoms with Gasteiger partial charge in [0.2, 0.25) is 17.8 Å². The summed E-state index contributed by atoms with van der Waals surface area (Å²) in [5.41, 5.74) is 2.52. The largest absolute Gasteiger partial charge is 0.325 e. The lowest BCUT2D eigenvalue weighted by atomic mass is 10.0. The predicted molar refractivity (Wildman–Crippen MR) is 154 cm³/mol. The van der Waals surface area contributed by atoms with Crippen LogP contribution in [0.25, 0.3) is 22.3 Å². The Kier molecular flexibility index (Phi) is 6.81. The molecule has 12 heteroatoms. The SMILES string of the molecule is CC(C)n1nnc2ccc(-c3nc(Nc4ccc(NC(=O)C5(C(=O)Nc6ccc(F)cc6)CC5)cc4)ncc3F)cc21. The molecule has 42 heavy (non-hydrogen) atoms. The maximum atomic E-state index is 14.8. The number of halogens is 2. The highest BCUT2D eigenvalue weighted by atomic mass is 19.1. The van der Waals surface area contributed by atoms with E-state index >= 15 is 0 Å². The van der Waals surface area contributed by atoms with E-state index in [0.29, 0.717) is 41.0 Å². The van der Waals surface area contributed by atoms with Crippen molar-refractivity contribution in [3.05, 3.63) is 84.6 Å². The summed E-state index contributed by atoms with van der Waals surface area (Å²) in [4.78, 5) is 34.2. The zero-order valence-electron chi connectivity index (χ0n) is 22.7. The quantitative estimate of drug-likeness (QED) is 0.201. The summed E-state index contributed by atoms with van der Waals surface area (Å²) >= 11 is 0. The molecule has 0 aliphatic heterocycles. The number of rotatable bonds is 8. The summed E-state index contributed by atoms with van der Waals surface area (Å²) in [7, 11) is 0. The standard InChI is InChI=1S/C30H26F2N8O2/c1-17(2)40-25-15-18(3-12-24(25)38-39-40)26-23(32)16-33-29(37-26)36-22-10-8-21(9-11-22)35-28(42)30(13-14-30)27(41)34-20-6-4-19(31)5-7-20/h3-12,15-17H,13-14H2,1-2H3,(H,34,41)(H,35,42)(H,33,36,37). The van der Waals surface area contributed by atoms with Crippen LogP contribution in [-0.2, 0) is 9.59 Å². The molecule has 10 nitrogen and oxygen atoms in total. The Balaban J connectivity index is 1.13. The molecule has 212 valence electrons. The van der Waals surface area contributed by atoms with Crippen LogP contribution in [-0.4, -0.2) is 36.8 Å². The van der Waals surface area contributed by atoms with Gasteiger partial charge in [0.25, 0.3) is 0 Å². The van der Waals surface area contributed by atoms with E-state index in [0.717, 1.165) is 11.7 Å². The van der Waals surface area contributed by atoms with Crippen molar-refractivity contribution in [1.29, 1.82) is 0 Å². The maximum absolute atomic E-state index is 14.8. The van der Waals surface area contributed by atoms with Crippen molar-refractivity contribution in [3.63, 3.8) is 0 Å². The zero-order valence-corrected chi connectivity index (χ0v) is 22.7. The number of anilines is 4. The molecule has 0 bridgehead atoms. The second kappa shape index (κ2) is 10.6. The van der Waals surface area contributed by atoms with Crippen molar-refractivity contribution in [2.24, 2.45) is 5.41 Å².